The Balaban J connectivity index is 1.73. The van der Waals surface area contributed by atoms with Crippen LogP contribution in [-0.2, 0) is 19.1 Å². The van der Waals surface area contributed by atoms with Gasteiger partial charge in [0.05, 0.1) is 12.2 Å². The maximum absolute atomic E-state index is 15.3. The van der Waals surface area contributed by atoms with Gasteiger partial charge in [-0.3, -0.25) is 14.4 Å². The average molecular weight is 438 g/mol. The first-order valence-corrected chi connectivity index (χ1v) is 11.0. The molecule has 3 saturated carbocycles. The number of esters is 1. The summed E-state index contributed by atoms with van der Waals surface area (Å²) in [7, 11) is 0. The fourth-order valence-electron chi connectivity index (χ4n) is 7.49. The largest absolute Gasteiger partial charge is 0.458 e. The number of rotatable bonds is 3. The molecule has 31 heavy (non-hydrogen) atoms. The molecule has 8 heteroatoms. The van der Waals surface area contributed by atoms with Gasteiger partial charge in [0.2, 0.25) is 5.78 Å². The van der Waals surface area contributed by atoms with E-state index in [1.165, 1.54) is 6.08 Å². The van der Waals surface area contributed by atoms with Crippen molar-refractivity contribution in [3.8, 4) is 0 Å². The topological polar surface area (TPSA) is 121 Å². The highest BCUT2D eigenvalue weighted by atomic mass is 19.1. The van der Waals surface area contributed by atoms with Crippen LogP contribution in [0.4, 0.5) is 4.39 Å². The van der Waals surface area contributed by atoms with Gasteiger partial charge in [0.25, 0.3) is 0 Å². The van der Waals surface area contributed by atoms with Gasteiger partial charge in [0, 0.05) is 18.8 Å². The van der Waals surface area contributed by atoms with Crippen molar-refractivity contribution in [3.05, 3.63) is 11.6 Å². The number of aliphatic hydroxyl groups is 3. The molecule has 4 rings (SSSR count). The van der Waals surface area contributed by atoms with Crippen molar-refractivity contribution in [2.75, 3.05) is 6.61 Å². The summed E-state index contributed by atoms with van der Waals surface area (Å²) in [6, 6.07) is 0. The van der Waals surface area contributed by atoms with Crippen molar-refractivity contribution in [1.82, 2.24) is 0 Å². The van der Waals surface area contributed by atoms with E-state index in [9.17, 15) is 29.7 Å². The van der Waals surface area contributed by atoms with E-state index in [-0.39, 0.29) is 43.3 Å². The average Bonchev–Trinajstić information content (AvgIpc) is 2.88. The summed E-state index contributed by atoms with van der Waals surface area (Å²) < 4.78 is 20.1. The summed E-state index contributed by atoms with van der Waals surface area (Å²) in [5.74, 6) is -2.71. The second kappa shape index (κ2) is 7.18. The van der Waals surface area contributed by atoms with Crippen LogP contribution in [0.5, 0.6) is 0 Å². The van der Waals surface area contributed by atoms with Crippen LogP contribution >= 0.6 is 0 Å². The highest BCUT2D eigenvalue weighted by Crippen LogP contribution is 2.67. The second-order valence-corrected chi connectivity index (χ2v) is 10.4. The van der Waals surface area contributed by atoms with Gasteiger partial charge in [-0.25, -0.2) is 4.39 Å². The van der Waals surface area contributed by atoms with Gasteiger partial charge in [0.15, 0.2) is 18.0 Å². The smallest absolute Gasteiger partial charge is 0.303 e. The summed E-state index contributed by atoms with van der Waals surface area (Å²) in [6.07, 6.45) is -1.38. The van der Waals surface area contributed by atoms with Crippen molar-refractivity contribution in [2.24, 2.45) is 28.6 Å². The first kappa shape index (κ1) is 22.6. The van der Waals surface area contributed by atoms with Gasteiger partial charge in [-0.05, 0) is 60.5 Å². The Labute approximate surface area is 180 Å². The monoisotopic (exact) mass is 438 g/mol. The zero-order chi connectivity index (χ0) is 22.9. The molecular formula is C23H31FO7. The Morgan fingerprint density at radius 2 is 1.94 bits per heavy atom. The Kier molecular flexibility index (Phi) is 5.23. The predicted octanol–water partition coefficient (Wildman–Crippen LogP) is 1.27. The fraction of sp³-hybridized carbons (Fsp3) is 0.783. The normalized spacial score (nSPS) is 48.9. The molecule has 0 heterocycles. The molecule has 0 aromatic rings. The molecule has 3 fully saturated rings. The number of hydrogen-bond acceptors (Lipinski definition) is 7. The van der Waals surface area contributed by atoms with E-state index in [2.05, 4.69) is 0 Å². The standard InChI is InChI=1S/C23H31FO7/c1-11(25)31-10-19(29)23(30)18(28)8-14-13-7-16(24)15-6-12(26)4-5-21(15,2)20(13)17(27)9-22(14,23)3/h6,13-14,16-18,20,27-28,30H,4-5,7-10H2,1-3H3/t13-,14-,16?,17?,18?,20+,21-,22-,23-/m0/s1. The van der Waals surface area contributed by atoms with E-state index < -0.39 is 59.1 Å². The molecule has 0 aliphatic heterocycles. The number of alkyl halides is 1. The van der Waals surface area contributed by atoms with Gasteiger partial charge in [0.1, 0.15) is 6.17 Å². The van der Waals surface area contributed by atoms with Crippen molar-refractivity contribution in [1.29, 1.82) is 0 Å². The number of hydrogen-bond donors (Lipinski definition) is 3. The summed E-state index contributed by atoms with van der Waals surface area (Å²) in [4.78, 5) is 36.0. The number of ether oxygens (including phenoxy) is 1. The Morgan fingerprint density at radius 3 is 2.58 bits per heavy atom. The molecule has 0 bridgehead atoms. The molecule has 172 valence electrons. The molecule has 0 aromatic carbocycles. The summed E-state index contributed by atoms with van der Waals surface area (Å²) in [5.41, 5.74) is -3.66. The fourth-order valence-corrected chi connectivity index (χ4v) is 7.49. The van der Waals surface area contributed by atoms with Crippen LogP contribution in [-0.4, -0.2) is 63.4 Å². The molecule has 4 aliphatic rings. The van der Waals surface area contributed by atoms with Gasteiger partial charge >= 0.3 is 5.97 Å². The molecule has 0 aromatic heterocycles. The minimum absolute atomic E-state index is 0.0476. The number of Topliss-reactive ketones (excluding diaryl/α,β-unsaturated/α-hetero) is 1. The molecule has 3 N–H and O–H groups in total. The van der Waals surface area contributed by atoms with E-state index in [1.54, 1.807) is 6.92 Å². The lowest BCUT2D eigenvalue weighted by Crippen LogP contribution is -2.64. The van der Waals surface area contributed by atoms with E-state index >= 15 is 4.39 Å². The van der Waals surface area contributed by atoms with Gasteiger partial charge in [-0.15, -0.1) is 0 Å². The first-order valence-electron chi connectivity index (χ1n) is 11.0. The SMILES string of the molecule is CC(=O)OCC(=O)[C@@]1(O)C(O)C[C@H]2[C@@H]3CC(F)C4=CC(=O)CC[C@]4(C)[C@H]3C(O)C[C@@]21C. The third-order valence-corrected chi connectivity index (χ3v) is 8.92. The summed E-state index contributed by atoms with van der Waals surface area (Å²) in [5, 5.41) is 33.5. The quantitative estimate of drug-likeness (QED) is 0.568. The number of carbonyl (C=O) groups is 3. The highest BCUT2D eigenvalue weighted by molar-refractivity contribution is 5.92. The second-order valence-electron chi connectivity index (χ2n) is 10.4. The van der Waals surface area contributed by atoms with Gasteiger partial charge < -0.3 is 20.1 Å². The highest BCUT2D eigenvalue weighted by Gasteiger charge is 2.72. The minimum atomic E-state index is -2.20. The molecule has 0 saturated heterocycles. The van der Waals surface area contributed by atoms with E-state index in [0.717, 1.165) is 6.92 Å². The van der Waals surface area contributed by atoms with Crippen molar-refractivity contribution in [3.63, 3.8) is 0 Å². The lowest BCUT2D eigenvalue weighted by molar-refractivity contribution is -0.196. The Morgan fingerprint density at radius 1 is 1.26 bits per heavy atom. The van der Waals surface area contributed by atoms with E-state index in [0.29, 0.717) is 12.0 Å². The number of aliphatic hydroxyl groups excluding tert-OH is 2. The van der Waals surface area contributed by atoms with Crippen molar-refractivity contribution < 1.29 is 38.8 Å². The summed E-state index contributed by atoms with van der Waals surface area (Å²) >= 11 is 0. The molecule has 4 aliphatic carbocycles. The number of carbonyl (C=O) groups excluding carboxylic acids is 3. The zero-order valence-electron chi connectivity index (χ0n) is 18.1. The van der Waals surface area contributed by atoms with Crippen LogP contribution in [0, 0.1) is 28.6 Å². The van der Waals surface area contributed by atoms with E-state index in [1.807, 2.05) is 6.92 Å². The van der Waals surface area contributed by atoms with Gasteiger partial charge in [-0.2, -0.15) is 0 Å². The minimum Gasteiger partial charge on any atom is -0.458 e. The molecule has 9 atom stereocenters. The summed E-state index contributed by atoms with van der Waals surface area (Å²) in [6.45, 7) is 4.02. The molecule has 0 radical (unpaired) electrons. The lowest BCUT2D eigenvalue weighted by atomic mass is 9.45. The molecule has 3 unspecified atom stereocenters. The molecule has 0 amide bonds. The lowest BCUT2D eigenvalue weighted by Gasteiger charge is -2.60. The number of allylic oxidation sites excluding steroid dienone is 1. The predicted molar refractivity (Wildman–Crippen MR) is 106 cm³/mol. The number of fused-ring (bicyclic) bond motifs is 5. The number of ketones is 2. The van der Waals surface area contributed by atoms with E-state index in [4.69, 9.17) is 4.74 Å². The first-order chi connectivity index (χ1) is 14.4. The third kappa shape index (κ3) is 2.98. The third-order valence-electron chi connectivity index (χ3n) is 8.92. The van der Waals surface area contributed by atoms with Crippen LogP contribution in [0.3, 0.4) is 0 Å². The van der Waals surface area contributed by atoms with Crippen LogP contribution in [0.15, 0.2) is 11.6 Å². The van der Waals surface area contributed by atoms with Crippen molar-refractivity contribution >= 4 is 17.5 Å². The maximum atomic E-state index is 15.3. The Bertz CT molecular complexity index is 855. The van der Waals surface area contributed by atoms with Crippen molar-refractivity contribution in [2.45, 2.75) is 76.9 Å². The molecule has 0 spiro atoms. The number of halogens is 1. The molecular weight excluding hydrogens is 407 g/mol. The van der Waals surface area contributed by atoms with Crippen LogP contribution < -0.4 is 0 Å². The zero-order valence-corrected chi connectivity index (χ0v) is 18.1. The van der Waals surface area contributed by atoms with Crippen LogP contribution in [0.1, 0.15) is 52.9 Å². The Hall–Kier alpha value is -1.64. The van der Waals surface area contributed by atoms with Gasteiger partial charge in [-0.1, -0.05) is 13.8 Å². The maximum Gasteiger partial charge on any atom is 0.303 e. The van der Waals surface area contributed by atoms with Crippen LogP contribution in [0.25, 0.3) is 0 Å². The van der Waals surface area contributed by atoms with Crippen LogP contribution in [0.2, 0.25) is 0 Å². The molecule has 7 nitrogen and oxygen atoms in total.